The number of carboxylic acids is 1. The molecule has 0 saturated carbocycles. The quantitative estimate of drug-likeness (QED) is 0.417. The van der Waals surface area contributed by atoms with Crippen molar-refractivity contribution < 1.29 is 19.1 Å². The molecule has 0 spiro atoms. The summed E-state index contributed by atoms with van der Waals surface area (Å²) >= 11 is 0. The Balaban J connectivity index is 2.39. The molecule has 2 aromatic rings. The lowest BCUT2D eigenvalue weighted by molar-refractivity contribution is -0.131. The minimum absolute atomic E-state index is 0.0813. The first-order valence-corrected chi connectivity index (χ1v) is 10.7. The van der Waals surface area contributed by atoms with Crippen LogP contribution in [0.5, 0.6) is 0 Å². The molecule has 0 saturated heterocycles. The van der Waals surface area contributed by atoms with Crippen LogP contribution in [0.1, 0.15) is 38.8 Å². The van der Waals surface area contributed by atoms with Crippen molar-refractivity contribution in [2.24, 2.45) is 11.8 Å². The van der Waals surface area contributed by atoms with Crippen molar-refractivity contribution >= 4 is 35.1 Å². The largest absolute Gasteiger partial charge is 0.478 e. The number of carbonyl (C=O) groups is 2. The molecule has 0 unspecified atom stereocenters. The Morgan fingerprint density at radius 1 is 1.00 bits per heavy atom. The van der Waals surface area contributed by atoms with Crippen molar-refractivity contribution in [2.75, 3.05) is 28.6 Å². The van der Waals surface area contributed by atoms with E-state index in [1.165, 1.54) is 18.2 Å². The third-order valence-electron chi connectivity index (χ3n) is 4.57. The van der Waals surface area contributed by atoms with Crippen LogP contribution >= 0.6 is 0 Å². The first-order valence-electron chi connectivity index (χ1n) is 10.7. The summed E-state index contributed by atoms with van der Waals surface area (Å²) in [6.07, 6.45) is 2.50. The molecular weight excluding hydrogens is 409 g/mol. The van der Waals surface area contributed by atoms with Crippen LogP contribution in [0, 0.1) is 24.6 Å². The number of hydrogen-bond donors (Lipinski definition) is 3. The number of carboxylic acid groups (broad SMARTS) is 1. The summed E-state index contributed by atoms with van der Waals surface area (Å²) in [6, 6.07) is 9.40. The van der Waals surface area contributed by atoms with Gasteiger partial charge in [-0.3, -0.25) is 0 Å². The molecule has 0 fully saturated rings. The zero-order chi connectivity index (χ0) is 23.8. The Morgan fingerprint density at radius 3 is 2.19 bits per heavy atom. The molecule has 0 aliphatic carbocycles. The second-order valence-electron chi connectivity index (χ2n) is 8.70. The molecule has 0 aliphatic rings. The van der Waals surface area contributed by atoms with Crippen LogP contribution in [0.15, 0.2) is 42.5 Å². The van der Waals surface area contributed by atoms with E-state index in [1.807, 2.05) is 12.1 Å². The van der Waals surface area contributed by atoms with Crippen LogP contribution in [0.25, 0.3) is 6.08 Å². The SMILES string of the molecule is Cc1ccc(NC(=O)Nc2cc(/C=C/C(=O)O)ccc2N(CC(C)C)CC(C)C)c(F)c1. The number of hydrogen-bond acceptors (Lipinski definition) is 3. The smallest absolute Gasteiger partial charge is 0.328 e. The highest BCUT2D eigenvalue weighted by molar-refractivity contribution is 6.02. The molecule has 0 aliphatic heterocycles. The zero-order valence-electron chi connectivity index (χ0n) is 19.3. The lowest BCUT2D eigenvalue weighted by Crippen LogP contribution is -2.32. The Labute approximate surface area is 189 Å². The normalized spacial score (nSPS) is 11.2. The molecule has 172 valence electrons. The maximum atomic E-state index is 14.2. The van der Waals surface area contributed by atoms with E-state index in [1.54, 1.807) is 19.1 Å². The van der Waals surface area contributed by atoms with E-state index < -0.39 is 17.8 Å². The minimum atomic E-state index is -1.06. The highest BCUT2D eigenvalue weighted by atomic mass is 19.1. The molecule has 0 heterocycles. The van der Waals surface area contributed by atoms with E-state index in [0.717, 1.165) is 30.4 Å². The molecule has 0 aromatic heterocycles. The Morgan fingerprint density at radius 2 is 1.62 bits per heavy atom. The van der Waals surface area contributed by atoms with E-state index in [2.05, 4.69) is 43.2 Å². The van der Waals surface area contributed by atoms with Gasteiger partial charge in [-0.05, 0) is 60.2 Å². The first-order chi connectivity index (χ1) is 15.0. The fourth-order valence-electron chi connectivity index (χ4n) is 3.35. The van der Waals surface area contributed by atoms with E-state index in [0.29, 0.717) is 23.1 Å². The van der Waals surface area contributed by atoms with Gasteiger partial charge >= 0.3 is 12.0 Å². The number of amides is 2. The first kappa shape index (κ1) is 24.9. The summed E-state index contributed by atoms with van der Waals surface area (Å²) < 4.78 is 14.2. The van der Waals surface area contributed by atoms with Gasteiger partial charge in [0.15, 0.2) is 0 Å². The average Bonchev–Trinajstić information content (AvgIpc) is 2.67. The van der Waals surface area contributed by atoms with Gasteiger partial charge in [-0.15, -0.1) is 0 Å². The van der Waals surface area contributed by atoms with Gasteiger partial charge in [0.25, 0.3) is 0 Å². The minimum Gasteiger partial charge on any atom is -0.478 e. The number of anilines is 3. The van der Waals surface area contributed by atoms with Gasteiger partial charge < -0.3 is 20.6 Å². The van der Waals surface area contributed by atoms with Crippen LogP contribution in [0.4, 0.5) is 26.2 Å². The Kier molecular flexibility index (Phi) is 8.81. The summed E-state index contributed by atoms with van der Waals surface area (Å²) in [7, 11) is 0. The maximum Gasteiger partial charge on any atom is 0.328 e. The molecular formula is C25H32FN3O3. The van der Waals surface area contributed by atoms with Gasteiger partial charge in [0.2, 0.25) is 0 Å². The summed E-state index contributed by atoms with van der Waals surface area (Å²) in [4.78, 5) is 25.8. The monoisotopic (exact) mass is 441 g/mol. The molecule has 2 aromatic carbocycles. The predicted molar refractivity (Wildman–Crippen MR) is 129 cm³/mol. The van der Waals surface area contributed by atoms with E-state index in [-0.39, 0.29) is 5.69 Å². The number of aryl methyl sites for hydroxylation is 1. The number of benzene rings is 2. The van der Waals surface area contributed by atoms with Crippen molar-refractivity contribution in [1.29, 1.82) is 0 Å². The van der Waals surface area contributed by atoms with Crippen molar-refractivity contribution in [3.8, 4) is 0 Å². The van der Waals surface area contributed by atoms with Crippen LogP contribution in [-0.2, 0) is 4.79 Å². The lowest BCUT2D eigenvalue weighted by atomic mass is 10.1. The van der Waals surface area contributed by atoms with Gasteiger partial charge in [-0.2, -0.15) is 0 Å². The lowest BCUT2D eigenvalue weighted by Gasteiger charge is -2.30. The topological polar surface area (TPSA) is 81.7 Å². The summed E-state index contributed by atoms with van der Waals surface area (Å²) in [5, 5.41) is 14.3. The summed E-state index contributed by atoms with van der Waals surface area (Å²) in [5.74, 6) is -0.787. The third-order valence-corrected chi connectivity index (χ3v) is 4.57. The Hall–Kier alpha value is -3.35. The predicted octanol–water partition coefficient (Wildman–Crippen LogP) is 5.99. The van der Waals surface area contributed by atoms with E-state index in [4.69, 9.17) is 5.11 Å². The van der Waals surface area contributed by atoms with Crippen molar-refractivity contribution in [3.63, 3.8) is 0 Å². The van der Waals surface area contributed by atoms with E-state index in [9.17, 15) is 14.0 Å². The molecule has 2 rings (SSSR count). The Bertz CT molecular complexity index is 976. The molecule has 0 radical (unpaired) electrons. The second kappa shape index (κ2) is 11.3. The maximum absolute atomic E-state index is 14.2. The summed E-state index contributed by atoms with van der Waals surface area (Å²) in [6.45, 7) is 11.8. The van der Waals surface area contributed by atoms with Crippen LogP contribution < -0.4 is 15.5 Å². The number of halogens is 1. The molecule has 0 bridgehead atoms. The van der Waals surface area contributed by atoms with Gasteiger partial charge in [0.05, 0.1) is 17.1 Å². The fraction of sp³-hybridized carbons (Fsp3) is 0.360. The third kappa shape index (κ3) is 7.72. The number of carbonyl (C=O) groups excluding carboxylic acids is 1. The van der Waals surface area contributed by atoms with Crippen LogP contribution in [0.3, 0.4) is 0 Å². The van der Waals surface area contributed by atoms with Crippen LogP contribution in [-0.4, -0.2) is 30.2 Å². The number of aliphatic carboxylic acids is 1. The molecule has 2 amide bonds. The van der Waals surface area contributed by atoms with Crippen LogP contribution in [0.2, 0.25) is 0 Å². The average molecular weight is 442 g/mol. The second-order valence-corrected chi connectivity index (χ2v) is 8.70. The van der Waals surface area contributed by atoms with Crippen molar-refractivity contribution in [3.05, 3.63) is 59.4 Å². The highest BCUT2D eigenvalue weighted by Gasteiger charge is 2.17. The molecule has 6 nitrogen and oxygen atoms in total. The number of rotatable bonds is 9. The van der Waals surface area contributed by atoms with Gasteiger partial charge in [-0.25, -0.2) is 14.0 Å². The number of urea groups is 1. The number of nitrogens with zero attached hydrogens (tertiary/aromatic N) is 1. The van der Waals surface area contributed by atoms with Crippen molar-refractivity contribution in [1.82, 2.24) is 0 Å². The summed E-state index contributed by atoms with van der Waals surface area (Å²) in [5.41, 5.74) is 2.80. The molecule has 3 N–H and O–H groups in total. The fourth-order valence-corrected chi connectivity index (χ4v) is 3.35. The standard InChI is InChI=1S/C25H32FN3O3/c1-16(2)14-29(15-17(3)4)23-10-7-19(8-11-24(30)31)13-22(23)28-25(32)27-21-9-6-18(5)12-20(21)26/h6-13,16-17H,14-15H2,1-5H3,(H,30,31)(H2,27,28,32)/b11-8+. The molecule has 32 heavy (non-hydrogen) atoms. The van der Waals surface area contributed by atoms with Gasteiger partial charge in [0.1, 0.15) is 5.82 Å². The van der Waals surface area contributed by atoms with Gasteiger partial charge in [-0.1, -0.05) is 39.8 Å². The van der Waals surface area contributed by atoms with Gasteiger partial charge in [0, 0.05) is 19.2 Å². The van der Waals surface area contributed by atoms with E-state index >= 15 is 0 Å². The number of nitrogens with one attached hydrogen (secondary N) is 2. The zero-order valence-corrected chi connectivity index (χ0v) is 19.3. The highest BCUT2D eigenvalue weighted by Crippen LogP contribution is 2.30. The molecule has 0 atom stereocenters. The van der Waals surface area contributed by atoms with Crippen molar-refractivity contribution in [2.45, 2.75) is 34.6 Å². The molecule has 7 heteroatoms.